The lowest BCUT2D eigenvalue weighted by Crippen LogP contribution is -2.08. The van der Waals surface area contributed by atoms with E-state index in [-0.39, 0.29) is 6.01 Å². The highest BCUT2D eigenvalue weighted by Gasteiger charge is 2.08. The van der Waals surface area contributed by atoms with Gasteiger partial charge in [-0.25, -0.2) is 4.68 Å². The van der Waals surface area contributed by atoms with Crippen LogP contribution in [0.25, 0.3) is 5.95 Å². The first kappa shape index (κ1) is 10.8. The maximum atomic E-state index is 4.97. The minimum atomic E-state index is 0.237. The zero-order valence-corrected chi connectivity index (χ0v) is 10.3. The Balaban J connectivity index is 2.47. The molecule has 8 heteroatoms. The molecule has 2 heterocycles. The van der Waals surface area contributed by atoms with Gasteiger partial charge in [-0.2, -0.15) is 20.1 Å². The van der Waals surface area contributed by atoms with Gasteiger partial charge in [0.15, 0.2) is 0 Å². The standard InChI is InChI=1S/C8H9BrN6O/c1-10-6-12-7(14-8(13-6)16-2)15-4-5(9)3-11-15/h3-4H,1-2H3,(H,10,12,13,14). The first-order chi connectivity index (χ1) is 7.72. The number of rotatable bonds is 3. The van der Waals surface area contributed by atoms with E-state index >= 15 is 0 Å². The van der Waals surface area contributed by atoms with Crippen LogP contribution in [0.2, 0.25) is 0 Å². The largest absolute Gasteiger partial charge is 0.467 e. The van der Waals surface area contributed by atoms with Gasteiger partial charge in [0.05, 0.1) is 17.8 Å². The van der Waals surface area contributed by atoms with Crippen LogP contribution >= 0.6 is 15.9 Å². The molecule has 0 bridgehead atoms. The maximum absolute atomic E-state index is 4.97. The smallest absolute Gasteiger partial charge is 0.322 e. The molecule has 16 heavy (non-hydrogen) atoms. The van der Waals surface area contributed by atoms with E-state index < -0.39 is 0 Å². The topological polar surface area (TPSA) is 77.8 Å². The summed E-state index contributed by atoms with van der Waals surface area (Å²) in [6.07, 6.45) is 3.39. The molecule has 0 atom stereocenters. The summed E-state index contributed by atoms with van der Waals surface area (Å²) in [4.78, 5) is 12.2. The van der Waals surface area contributed by atoms with Crippen LogP contribution in [-0.4, -0.2) is 38.9 Å². The highest BCUT2D eigenvalue weighted by Crippen LogP contribution is 2.12. The first-order valence-corrected chi connectivity index (χ1v) is 5.20. The number of anilines is 1. The molecule has 0 aliphatic rings. The lowest BCUT2D eigenvalue weighted by atomic mass is 10.7. The summed E-state index contributed by atoms with van der Waals surface area (Å²) < 4.78 is 7.34. The number of halogens is 1. The number of ether oxygens (including phenoxy) is 1. The molecule has 0 aliphatic heterocycles. The summed E-state index contributed by atoms with van der Waals surface area (Å²) in [6.45, 7) is 0. The van der Waals surface area contributed by atoms with Crippen molar-refractivity contribution in [3.05, 3.63) is 16.9 Å². The molecule has 0 aromatic carbocycles. The van der Waals surface area contributed by atoms with E-state index in [2.05, 4.69) is 41.3 Å². The number of methoxy groups -OCH3 is 1. The molecule has 0 unspecified atom stereocenters. The summed E-state index contributed by atoms with van der Waals surface area (Å²) >= 11 is 3.30. The number of hydrogen-bond donors (Lipinski definition) is 1. The van der Waals surface area contributed by atoms with Crippen molar-refractivity contribution in [3.8, 4) is 12.0 Å². The predicted molar refractivity (Wildman–Crippen MR) is 60.7 cm³/mol. The fourth-order valence-corrected chi connectivity index (χ4v) is 1.35. The highest BCUT2D eigenvalue weighted by atomic mass is 79.9. The quantitative estimate of drug-likeness (QED) is 0.901. The molecule has 0 spiro atoms. The third kappa shape index (κ3) is 2.11. The van der Waals surface area contributed by atoms with E-state index in [1.165, 1.54) is 11.8 Å². The van der Waals surface area contributed by atoms with E-state index in [1.54, 1.807) is 19.4 Å². The lowest BCUT2D eigenvalue weighted by Gasteiger charge is -2.04. The van der Waals surface area contributed by atoms with Crippen molar-refractivity contribution in [1.29, 1.82) is 0 Å². The number of nitrogens with zero attached hydrogens (tertiary/aromatic N) is 5. The number of aromatic nitrogens is 5. The van der Waals surface area contributed by atoms with Gasteiger partial charge in [-0.05, 0) is 15.9 Å². The molecule has 0 aliphatic carbocycles. The van der Waals surface area contributed by atoms with E-state index in [0.717, 1.165) is 4.47 Å². The average Bonchev–Trinajstić information content (AvgIpc) is 2.75. The zero-order chi connectivity index (χ0) is 11.5. The number of hydrogen-bond acceptors (Lipinski definition) is 6. The first-order valence-electron chi connectivity index (χ1n) is 4.41. The second-order valence-electron chi connectivity index (χ2n) is 2.80. The maximum Gasteiger partial charge on any atom is 0.322 e. The SMILES string of the molecule is CNc1nc(OC)nc(-n2cc(Br)cn2)n1. The van der Waals surface area contributed by atoms with Crippen molar-refractivity contribution in [1.82, 2.24) is 24.7 Å². The Morgan fingerprint density at radius 2 is 2.19 bits per heavy atom. The van der Waals surface area contributed by atoms with Gasteiger partial charge in [0.25, 0.3) is 5.95 Å². The zero-order valence-electron chi connectivity index (χ0n) is 8.68. The fraction of sp³-hybridized carbons (Fsp3) is 0.250. The normalized spacial score (nSPS) is 10.2. The van der Waals surface area contributed by atoms with Crippen molar-refractivity contribution >= 4 is 21.9 Å². The Bertz CT molecular complexity index is 477. The summed E-state index contributed by atoms with van der Waals surface area (Å²) in [6, 6.07) is 0.237. The molecule has 2 rings (SSSR count). The molecule has 2 aromatic rings. The van der Waals surface area contributed by atoms with Crippen LogP contribution in [0.4, 0.5) is 5.95 Å². The Labute approximate surface area is 100 Å². The molecular weight excluding hydrogens is 276 g/mol. The van der Waals surface area contributed by atoms with Crippen molar-refractivity contribution in [2.75, 3.05) is 19.5 Å². The van der Waals surface area contributed by atoms with Crippen LogP contribution in [0.5, 0.6) is 6.01 Å². The lowest BCUT2D eigenvalue weighted by molar-refractivity contribution is 0.377. The summed E-state index contributed by atoms with van der Waals surface area (Å²) in [5.41, 5.74) is 0. The highest BCUT2D eigenvalue weighted by molar-refractivity contribution is 9.10. The van der Waals surface area contributed by atoms with Crippen LogP contribution in [-0.2, 0) is 0 Å². The molecule has 0 saturated carbocycles. The van der Waals surface area contributed by atoms with Gasteiger partial charge in [0.2, 0.25) is 5.95 Å². The van der Waals surface area contributed by atoms with Crippen LogP contribution in [0.3, 0.4) is 0 Å². The molecule has 84 valence electrons. The monoisotopic (exact) mass is 284 g/mol. The number of nitrogens with one attached hydrogen (secondary N) is 1. The molecule has 7 nitrogen and oxygen atoms in total. The third-order valence-electron chi connectivity index (χ3n) is 1.77. The molecular formula is C8H9BrN6O. The van der Waals surface area contributed by atoms with Gasteiger partial charge in [-0.1, -0.05) is 0 Å². The fourth-order valence-electron chi connectivity index (χ4n) is 1.06. The van der Waals surface area contributed by atoms with Gasteiger partial charge in [-0.15, -0.1) is 0 Å². The molecule has 0 amide bonds. The van der Waals surface area contributed by atoms with Gasteiger partial charge in [-0.3, -0.25) is 0 Å². The van der Waals surface area contributed by atoms with Gasteiger partial charge in [0, 0.05) is 13.2 Å². The van der Waals surface area contributed by atoms with Crippen LogP contribution in [0.15, 0.2) is 16.9 Å². The van der Waals surface area contributed by atoms with Crippen molar-refractivity contribution in [2.24, 2.45) is 0 Å². The van der Waals surface area contributed by atoms with Crippen molar-refractivity contribution in [2.45, 2.75) is 0 Å². The Morgan fingerprint density at radius 3 is 2.75 bits per heavy atom. The van der Waals surface area contributed by atoms with E-state index in [1.807, 2.05) is 0 Å². The summed E-state index contributed by atoms with van der Waals surface area (Å²) in [7, 11) is 3.22. The van der Waals surface area contributed by atoms with Crippen LogP contribution in [0, 0.1) is 0 Å². The predicted octanol–water partition coefficient (Wildman–Crippen LogP) is 0.870. The summed E-state index contributed by atoms with van der Waals surface area (Å²) in [5.74, 6) is 0.815. The van der Waals surface area contributed by atoms with Crippen LogP contribution < -0.4 is 10.1 Å². The van der Waals surface area contributed by atoms with Crippen molar-refractivity contribution < 1.29 is 4.74 Å². The molecule has 1 N–H and O–H groups in total. The third-order valence-corrected chi connectivity index (χ3v) is 2.17. The Kier molecular flexibility index (Phi) is 3.00. The minimum absolute atomic E-state index is 0.237. The van der Waals surface area contributed by atoms with Gasteiger partial charge >= 0.3 is 6.01 Å². The molecule has 0 radical (unpaired) electrons. The average molecular weight is 285 g/mol. The van der Waals surface area contributed by atoms with Crippen LogP contribution in [0.1, 0.15) is 0 Å². The summed E-state index contributed by atoms with van der Waals surface area (Å²) in [5, 5.41) is 6.89. The Hall–Kier alpha value is -1.70. The second kappa shape index (κ2) is 4.44. The van der Waals surface area contributed by atoms with Gasteiger partial charge < -0.3 is 10.1 Å². The van der Waals surface area contributed by atoms with E-state index in [0.29, 0.717) is 11.9 Å². The minimum Gasteiger partial charge on any atom is -0.467 e. The van der Waals surface area contributed by atoms with Gasteiger partial charge in [0.1, 0.15) is 0 Å². The van der Waals surface area contributed by atoms with Crippen molar-refractivity contribution in [3.63, 3.8) is 0 Å². The Morgan fingerprint density at radius 1 is 1.38 bits per heavy atom. The molecule has 2 aromatic heterocycles. The molecule has 0 saturated heterocycles. The second-order valence-corrected chi connectivity index (χ2v) is 3.71. The van der Waals surface area contributed by atoms with E-state index in [4.69, 9.17) is 4.74 Å². The molecule has 0 fully saturated rings. The van der Waals surface area contributed by atoms with E-state index in [9.17, 15) is 0 Å².